The van der Waals surface area contributed by atoms with Crippen molar-refractivity contribution in [1.29, 1.82) is 5.26 Å². The molecule has 0 unspecified atom stereocenters. The van der Waals surface area contributed by atoms with Crippen LogP contribution in [0.3, 0.4) is 0 Å². The SMILES string of the molecule is COc1ccc(S(N)(=O)=O)cc1C(=O)OCC(=O)Nc1sccc1C#N. The van der Waals surface area contributed by atoms with Crippen LogP contribution in [0.4, 0.5) is 5.00 Å². The van der Waals surface area contributed by atoms with Gasteiger partial charge in [0, 0.05) is 0 Å². The number of sulfonamides is 1. The molecule has 1 aromatic carbocycles. The van der Waals surface area contributed by atoms with Crippen molar-refractivity contribution in [3.05, 3.63) is 40.8 Å². The fraction of sp³-hybridized carbons (Fsp3) is 0.133. The molecule has 0 spiro atoms. The average Bonchev–Trinajstić information content (AvgIpc) is 3.05. The number of carbonyl (C=O) groups is 2. The number of ether oxygens (including phenoxy) is 2. The number of hydrogen-bond donors (Lipinski definition) is 2. The molecule has 0 bridgehead atoms. The third kappa shape index (κ3) is 4.57. The molecule has 2 aromatic rings. The summed E-state index contributed by atoms with van der Waals surface area (Å²) in [6.45, 7) is -0.635. The third-order valence-corrected chi connectivity index (χ3v) is 4.83. The van der Waals surface area contributed by atoms with Crippen molar-refractivity contribution in [2.75, 3.05) is 19.0 Å². The van der Waals surface area contributed by atoms with E-state index in [-0.39, 0.29) is 21.8 Å². The minimum absolute atomic E-state index is 0.0628. The van der Waals surface area contributed by atoms with Crippen molar-refractivity contribution in [1.82, 2.24) is 0 Å². The number of carbonyl (C=O) groups excluding carboxylic acids is 2. The first kappa shape index (κ1) is 19.4. The van der Waals surface area contributed by atoms with Gasteiger partial charge in [0.25, 0.3) is 5.91 Å². The van der Waals surface area contributed by atoms with E-state index in [1.165, 1.54) is 25.3 Å². The molecule has 0 aliphatic carbocycles. The van der Waals surface area contributed by atoms with E-state index in [0.717, 1.165) is 17.4 Å². The monoisotopic (exact) mass is 395 g/mol. The lowest BCUT2D eigenvalue weighted by atomic mass is 10.2. The third-order valence-electron chi connectivity index (χ3n) is 3.09. The van der Waals surface area contributed by atoms with E-state index in [1.807, 2.05) is 6.07 Å². The summed E-state index contributed by atoms with van der Waals surface area (Å²) in [7, 11) is -2.74. The molecule has 0 radical (unpaired) electrons. The lowest BCUT2D eigenvalue weighted by Gasteiger charge is -2.10. The van der Waals surface area contributed by atoms with Crippen LogP contribution in [0.5, 0.6) is 5.75 Å². The fourth-order valence-electron chi connectivity index (χ4n) is 1.89. The van der Waals surface area contributed by atoms with Crippen LogP contribution < -0.4 is 15.2 Å². The van der Waals surface area contributed by atoms with Gasteiger partial charge in [-0.25, -0.2) is 18.4 Å². The Balaban J connectivity index is 2.10. The normalized spacial score (nSPS) is 10.7. The molecule has 0 aliphatic rings. The highest BCUT2D eigenvalue weighted by Crippen LogP contribution is 2.24. The fourth-order valence-corrected chi connectivity index (χ4v) is 3.18. The van der Waals surface area contributed by atoms with E-state index in [1.54, 1.807) is 5.38 Å². The van der Waals surface area contributed by atoms with Gasteiger partial charge in [0.15, 0.2) is 6.61 Å². The number of methoxy groups -OCH3 is 1. The molecule has 0 atom stereocenters. The minimum Gasteiger partial charge on any atom is -0.496 e. The smallest absolute Gasteiger partial charge is 0.342 e. The number of thiophene rings is 1. The Bertz CT molecular complexity index is 991. The lowest BCUT2D eigenvalue weighted by molar-refractivity contribution is -0.119. The Labute approximate surface area is 153 Å². The van der Waals surface area contributed by atoms with E-state index in [2.05, 4.69) is 5.32 Å². The molecule has 1 heterocycles. The summed E-state index contributed by atoms with van der Waals surface area (Å²) in [6, 6.07) is 6.88. The van der Waals surface area contributed by atoms with Crippen molar-refractivity contribution < 1.29 is 27.5 Å². The highest BCUT2D eigenvalue weighted by atomic mass is 32.2. The van der Waals surface area contributed by atoms with Gasteiger partial charge in [-0.2, -0.15) is 5.26 Å². The van der Waals surface area contributed by atoms with Crippen LogP contribution in [0.25, 0.3) is 0 Å². The number of nitrogens with one attached hydrogen (secondary N) is 1. The van der Waals surface area contributed by atoms with Crippen molar-refractivity contribution in [3.8, 4) is 11.8 Å². The van der Waals surface area contributed by atoms with Gasteiger partial charge in [0.2, 0.25) is 10.0 Å². The van der Waals surface area contributed by atoms with E-state index in [0.29, 0.717) is 5.00 Å². The van der Waals surface area contributed by atoms with Gasteiger partial charge < -0.3 is 14.8 Å². The Kier molecular flexibility index (Phi) is 5.93. The van der Waals surface area contributed by atoms with E-state index >= 15 is 0 Å². The molecular formula is C15H13N3O6S2. The van der Waals surface area contributed by atoms with Gasteiger partial charge in [0.1, 0.15) is 22.4 Å². The highest BCUT2D eigenvalue weighted by molar-refractivity contribution is 7.89. The summed E-state index contributed by atoms with van der Waals surface area (Å²) in [5.74, 6) is -1.55. The summed E-state index contributed by atoms with van der Waals surface area (Å²) in [6.07, 6.45) is 0. The van der Waals surface area contributed by atoms with Crippen molar-refractivity contribution in [2.24, 2.45) is 5.14 Å². The molecular weight excluding hydrogens is 382 g/mol. The standard InChI is InChI=1S/C15H13N3O6S2/c1-23-12-3-2-10(26(17,21)22)6-11(12)15(20)24-8-13(19)18-14-9(7-16)4-5-25-14/h2-6H,8H2,1H3,(H,18,19)(H2,17,21,22). The summed E-state index contributed by atoms with van der Waals surface area (Å²) >= 11 is 1.15. The van der Waals surface area contributed by atoms with Crippen LogP contribution in [0.15, 0.2) is 34.5 Å². The summed E-state index contributed by atoms with van der Waals surface area (Å²) in [5, 5.41) is 18.3. The zero-order valence-electron chi connectivity index (χ0n) is 13.4. The minimum atomic E-state index is -4.03. The van der Waals surface area contributed by atoms with E-state index in [4.69, 9.17) is 19.9 Å². The molecule has 0 aliphatic heterocycles. The van der Waals surface area contributed by atoms with Gasteiger partial charge in [0.05, 0.1) is 17.6 Å². The Morgan fingerprint density at radius 1 is 1.35 bits per heavy atom. The number of amides is 1. The number of esters is 1. The van der Waals surface area contributed by atoms with Crippen molar-refractivity contribution in [3.63, 3.8) is 0 Å². The lowest BCUT2D eigenvalue weighted by Crippen LogP contribution is -2.21. The van der Waals surface area contributed by atoms with Gasteiger partial charge in [-0.15, -0.1) is 11.3 Å². The van der Waals surface area contributed by atoms with Crippen LogP contribution in [0.1, 0.15) is 15.9 Å². The second kappa shape index (κ2) is 7.96. The first-order valence-electron chi connectivity index (χ1n) is 6.91. The highest BCUT2D eigenvalue weighted by Gasteiger charge is 2.19. The number of anilines is 1. The summed E-state index contributed by atoms with van der Waals surface area (Å²) in [4.78, 5) is 23.7. The summed E-state index contributed by atoms with van der Waals surface area (Å²) in [5.41, 5.74) is 0.0952. The molecule has 9 nitrogen and oxygen atoms in total. The van der Waals surface area contributed by atoms with Crippen LogP contribution >= 0.6 is 11.3 Å². The van der Waals surface area contributed by atoms with Gasteiger partial charge in [-0.05, 0) is 29.6 Å². The van der Waals surface area contributed by atoms with Gasteiger partial charge in [-0.1, -0.05) is 0 Å². The van der Waals surface area contributed by atoms with E-state index < -0.39 is 28.5 Å². The maximum atomic E-state index is 12.2. The molecule has 2 rings (SSSR count). The number of rotatable bonds is 6. The Morgan fingerprint density at radius 3 is 2.69 bits per heavy atom. The molecule has 0 fully saturated rings. The topological polar surface area (TPSA) is 149 Å². The number of nitrogens with two attached hydrogens (primary N) is 1. The first-order chi connectivity index (χ1) is 12.3. The van der Waals surface area contributed by atoms with Crippen LogP contribution in [0.2, 0.25) is 0 Å². The van der Waals surface area contributed by atoms with Crippen LogP contribution in [-0.4, -0.2) is 34.0 Å². The number of nitrogens with zero attached hydrogens (tertiary/aromatic N) is 1. The molecule has 3 N–H and O–H groups in total. The second-order valence-electron chi connectivity index (χ2n) is 4.81. The van der Waals surface area contributed by atoms with Crippen molar-refractivity contribution >= 4 is 38.2 Å². The molecule has 0 saturated heterocycles. The predicted molar refractivity (Wildman–Crippen MR) is 92.3 cm³/mol. The predicted octanol–water partition coefficient (Wildman–Crippen LogP) is 1.07. The molecule has 1 amide bonds. The number of primary sulfonamides is 1. The quantitative estimate of drug-likeness (QED) is 0.695. The number of benzene rings is 1. The number of nitriles is 1. The second-order valence-corrected chi connectivity index (χ2v) is 7.28. The van der Waals surface area contributed by atoms with Crippen LogP contribution in [-0.2, 0) is 19.6 Å². The van der Waals surface area contributed by atoms with Gasteiger partial charge >= 0.3 is 5.97 Å². The maximum Gasteiger partial charge on any atom is 0.342 e. The Morgan fingerprint density at radius 2 is 2.08 bits per heavy atom. The molecule has 136 valence electrons. The zero-order valence-corrected chi connectivity index (χ0v) is 15.0. The summed E-state index contributed by atoms with van der Waals surface area (Å²) < 4.78 is 32.7. The molecule has 1 aromatic heterocycles. The van der Waals surface area contributed by atoms with E-state index in [9.17, 15) is 18.0 Å². The zero-order chi connectivity index (χ0) is 19.3. The van der Waals surface area contributed by atoms with Gasteiger partial charge in [-0.3, -0.25) is 4.79 Å². The number of hydrogen-bond acceptors (Lipinski definition) is 8. The van der Waals surface area contributed by atoms with Crippen LogP contribution in [0, 0.1) is 11.3 Å². The van der Waals surface area contributed by atoms with Crippen molar-refractivity contribution in [2.45, 2.75) is 4.90 Å². The maximum absolute atomic E-state index is 12.2. The largest absolute Gasteiger partial charge is 0.496 e. The molecule has 0 saturated carbocycles. The average molecular weight is 395 g/mol. The molecule has 26 heavy (non-hydrogen) atoms. The Hall–Kier alpha value is -2.94. The first-order valence-corrected chi connectivity index (χ1v) is 9.34. The molecule has 11 heteroatoms.